The van der Waals surface area contributed by atoms with Crippen LogP contribution in [0.1, 0.15) is 18.4 Å². The summed E-state index contributed by atoms with van der Waals surface area (Å²) in [7, 11) is 0. The molecule has 0 amide bonds. The van der Waals surface area contributed by atoms with Crippen molar-refractivity contribution in [3.63, 3.8) is 0 Å². The van der Waals surface area contributed by atoms with E-state index >= 15 is 0 Å². The fourth-order valence-electron chi connectivity index (χ4n) is 1.63. The molecule has 0 aromatic carbocycles. The first-order valence-corrected chi connectivity index (χ1v) is 5.43. The van der Waals surface area contributed by atoms with E-state index in [0.29, 0.717) is 6.42 Å². The maximum atomic E-state index is 12.5. The molecule has 0 aliphatic heterocycles. The van der Waals surface area contributed by atoms with E-state index in [-0.39, 0.29) is 18.6 Å². The molecular weight excluding hydrogens is 206 g/mol. The van der Waals surface area contributed by atoms with Crippen LogP contribution < -0.4 is 0 Å². The molecule has 1 aromatic rings. The van der Waals surface area contributed by atoms with Crippen molar-refractivity contribution in [2.75, 3.05) is 0 Å². The van der Waals surface area contributed by atoms with Crippen molar-refractivity contribution >= 4 is 17.1 Å². The van der Waals surface area contributed by atoms with Crippen molar-refractivity contribution in [1.82, 2.24) is 0 Å². The van der Waals surface area contributed by atoms with Crippen LogP contribution in [0.3, 0.4) is 0 Å². The van der Waals surface area contributed by atoms with Gasteiger partial charge < -0.3 is 0 Å². The second kappa shape index (κ2) is 3.42. The average molecular weight is 216 g/mol. The Morgan fingerprint density at radius 1 is 1.57 bits per heavy atom. The van der Waals surface area contributed by atoms with Crippen molar-refractivity contribution in [2.24, 2.45) is 5.92 Å². The van der Waals surface area contributed by atoms with Gasteiger partial charge in [0.25, 0.3) is 0 Å². The fourth-order valence-corrected chi connectivity index (χ4v) is 2.30. The smallest absolute Gasteiger partial charge is 0.249 e. The van der Waals surface area contributed by atoms with Gasteiger partial charge in [0.15, 0.2) is 0 Å². The van der Waals surface area contributed by atoms with Gasteiger partial charge in [0.2, 0.25) is 5.92 Å². The highest BCUT2D eigenvalue weighted by molar-refractivity contribution is 7.07. The topological polar surface area (TPSA) is 17.1 Å². The van der Waals surface area contributed by atoms with Crippen LogP contribution in [-0.2, 0) is 11.2 Å². The normalized spacial score (nSPS) is 20.4. The van der Waals surface area contributed by atoms with Crippen molar-refractivity contribution in [3.05, 3.63) is 22.4 Å². The molecule has 1 saturated carbocycles. The fraction of sp³-hybridized carbons (Fsp3) is 0.500. The maximum absolute atomic E-state index is 12.5. The Labute approximate surface area is 84.7 Å². The molecule has 0 bridgehead atoms. The predicted molar refractivity (Wildman–Crippen MR) is 50.7 cm³/mol. The molecule has 0 spiro atoms. The van der Waals surface area contributed by atoms with Gasteiger partial charge in [-0.1, -0.05) is 0 Å². The van der Waals surface area contributed by atoms with Gasteiger partial charge in [0.05, 0.1) is 0 Å². The molecule has 1 nitrogen and oxygen atoms in total. The van der Waals surface area contributed by atoms with Gasteiger partial charge in [-0.2, -0.15) is 11.3 Å². The quantitative estimate of drug-likeness (QED) is 0.759. The van der Waals surface area contributed by atoms with Crippen LogP contribution in [0.4, 0.5) is 8.78 Å². The number of hydrogen-bond acceptors (Lipinski definition) is 2. The van der Waals surface area contributed by atoms with Crippen LogP contribution in [-0.4, -0.2) is 11.7 Å². The number of rotatable bonds is 3. The van der Waals surface area contributed by atoms with Gasteiger partial charge in [0, 0.05) is 25.2 Å². The summed E-state index contributed by atoms with van der Waals surface area (Å²) in [6.45, 7) is 0. The van der Waals surface area contributed by atoms with Crippen molar-refractivity contribution in [1.29, 1.82) is 0 Å². The van der Waals surface area contributed by atoms with Gasteiger partial charge in [-0.25, -0.2) is 8.78 Å². The molecule has 0 N–H and O–H groups in total. The first-order chi connectivity index (χ1) is 6.57. The Balaban J connectivity index is 1.86. The van der Waals surface area contributed by atoms with E-state index < -0.39 is 11.8 Å². The molecule has 0 saturated heterocycles. The summed E-state index contributed by atoms with van der Waals surface area (Å²) >= 11 is 1.52. The van der Waals surface area contributed by atoms with Crippen LogP contribution in [0.15, 0.2) is 16.8 Å². The Bertz CT molecular complexity index is 324. The molecule has 0 radical (unpaired) electrons. The van der Waals surface area contributed by atoms with Gasteiger partial charge in [0.1, 0.15) is 5.78 Å². The third-order valence-electron chi connectivity index (χ3n) is 2.50. The van der Waals surface area contributed by atoms with Crippen molar-refractivity contribution in [3.8, 4) is 0 Å². The standard InChI is InChI=1S/C10H10F2OS/c11-10(12)4-8(5-10)9(13)3-7-1-2-14-6-7/h1-2,6,8H,3-5H2. The summed E-state index contributed by atoms with van der Waals surface area (Å²) in [4.78, 5) is 11.5. The second-order valence-corrected chi connectivity index (χ2v) is 4.52. The molecule has 1 aliphatic rings. The molecular formula is C10H10F2OS. The molecule has 0 atom stereocenters. The number of halogens is 2. The third-order valence-corrected chi connectivity index (χ3v) is 3.24. The minimum Gasteiger partial charge on any atom is -0.299 e. The molecule has 0 unspecified atom stereocenters. The van der Waals surface area contributed by atoms with Gasteiger partial charge in [-0.3, -0.25) is 4.79 Å². The Morgan fingerprint density at radius 3 is 2.79 bits per heavy atom. The van der Waals surface area contributed by atoms with Gasteiger partial charge in [-0.05, 0) is 22.4 Å². The molecule has 1 aromatic heterocycles. The monoisotopic (exact) mass is 216 g/mol. The van der Waals surface area contributed by atoms with Gasteiger partial charge >= 0.3 is 0 Å². The highest BCUT2D eigenvalue weighted by Gasteiger charge is 2.48. The van der Waals surface area contributed by atoms with Crippen molar-refractivity contribution < 1.29 is 13.6 Å². The zero-order chi connectivity index (χ0) is 10.2. The van der Waals surface area contributed by atoms with E-state index in [1.807, 2.05) is 16.8 Å². The number of carbonyl (C=O) groups excluding carboxylic acids is 1. The van der Waals surface area contributed by atoms with E-state index in [9.17, 15) is 13.6 Å². The third kappa shape index (κ3) is 2.00. The first-order valence-electron chi connectivity index (χ1n) is 4.48. The molecule has 76 valence electrons. The largest absolute Gasteiger partial charge is 0.299 e. The molecule has 2 rings (SSSR count). The molecule has 1 aliphatic carbocycles. The number of Topliss-reactive ketones (excluding diaryl/α,β-unsaturated/α-hetero) is 1. The molecule has 1 heterocycles. The number of alkyl halides is 2. The number of carbonyl (C=O) groups is 1. The van der Waals surface area contributed by atoms with E-state index in [4.69, 9.17) is 0 Å². The minimum absolute atomic E-state index is 0.0469. The predicted octanol–water partition coefficient (Wildman–Crippen LogP) is 2.91. The van der Waals surface area contributed by atoms with Crippen LogP contribution in [0.5, 0.6) is 0 Å². The summed E-state index contributed by atoms with van der Waals surface area (Å²) in [6.07, 6.45) is -0.198. The van der Waals surface area contributed by atoms with E-state index in [1.165, 1.54) is 11.3 Å². The van der Waals surface area contributed by atoms with E-state index in [0.717, 1.165) is 5.56 Å². The highest BCUT2D eigenvalue weighted by Crippen LogP contribution is 2.43. The average Bonchev–Trinajstić information content (AvgIpc) is 2.52. The van der Waals surface area contributed by atoms with Crippen LogP contribution in [0.25, 0.3) is 0 Å². The second-order valence-electron chi connectivity index (χ2n) is 3.74. The summed E-state index contributed by atoms with van der Waals surface area (Å²) < 4.78 is 25.0. The lowest BCUT2D eigenvalue weighted by molar-refractivity contribution is -0.147. The number of hydrogen-bond donors (Lipinski definition) is 0. The zero-order valence-corrected chi connectivity index (χ0v) is 8.32. The first kappa shape index (κ1) is 9.77. The van der Waals surface area contributed by atoms with Crippen molar-refractivity contribution in [2.45, 2.75) is 25.2 Å². The van der Waals surface area contributed by atoms with Crippen LogP contribution in [0, 0.1) is 5.92 Å². The summed E-state index contributed by atoms with van der Waals surface area (Å²) in [5.41, 5.74) is 0.940. The van der Waals surface area contributed by atoms with E-state index in [1.54, 1.807) is 0 Å². The SMILES string of the molecule is O=C(Cc1ccsc1)C1CC(F)(F)C1. The summed E-state index contributed by atoms with van der Waals surface area (Å²) in [6, 6.07) is 1.86. The van der Waals surface area contributed by atoms with Gasteiger partial charge in [-0.15, -0.1) is 0 Å². The summed E-state index contributed by atoms with van der Waals surface area (Å²) in [5.74, 6) is -3.05. The molecule has 14 heavy (non-hydrogen) atoms. The summed E-state index contributed by atoms with van der Waals surface area (Å²) in [5, 5.41) is 3.77. The van der Waals surface area contributed by atoms with E-state index in [2.05, 4.69) is 0 Å². The van der Waals surface area contributed by atoms with Crippen LogP contribution >= 0.6 is 11.3 Å². The zero-order valence-electron chi connectivity index (χ0n) is 7.50. The number of thiophene rings is 1. The molecule has 1 fully saturated rings. The Kier molecular flexibility index (Phi) is 2.39. The highest BCUT2D eigenvalue weighted by atomic mass is 32.1. The lowest BCUT2D eigenvalue weighted by Crippen LogP contribution is -2.40. The lowest BCUT2D eigenvalue weighted by atomic mass is 9.77. The lowest BCUT2D eigenvalue weighted by Gasteiger charge is -2.33. The van der Waals surface area contributed by atoms with Crippen LogP contribution in [0.2, 0.25) is 0 Å². The Hall–Kier alpha value is -0.770. The molecule has 4 heteroatoms. The number of ketones is 1. The minimum atomic E-state index is -2.59. The Morgan fingerprint density at radius 2 is 2.29 bits per heavy atom. The maximum Gasteiger partial charge on any atom is 0.249 e.